The second kappa shape index (κ2) is 0.636. The molecule has 0 N–H and O–H groups in total. The maximum Gasteiger partial charge on any atom is 0.169 e. The van der Waals surface area contributed by atoms with Crippen molar-refractivity contribution in [2.24, 2.45) is 0 Å². The summed E-state index contributed by atoms with van der Waals surface area (Å²) in [6, 6.07) is 0. The lowest BCUT2D eigenvalue weighted by Crippen LogP contribution is -1.31. The third-order valence-electron chi connectivity index (χ3n) is 0.197. The van der Waals surface area contributed by atoms with Crippen molar-refractivity contribution in [3.63, 3.8) is 0 Å². The van der Waals surface area contributed by atoms with Crippen LogP contribution in [0.4, 0.5) is 0 Å². The highest BCUT2D eigenvalue weighted by atomic mass is 31.1. The fraction of sp³-hybridized carbons (Fsp3) is 0. The molecule has 0 aromatic carbocycles. The Labute approximate surface area is 27.6 Å². The normalized spacial score (nSPS) is 11.2. The zero-order valence-electron chi connectivity index (χ0n) is 1.93. The van der Waals surface area contributed by atoms with Crippen LogP contribution in [0.5, 0.6) is 0 Å². The Balaban J connectivity index is 2.81. The Kier molecular flexibility index (Phi) is 0.407. The van der Waals surface area contributed by atoms with Crippen LogP contribution in [-0.2, 0) is 0 Å². The lowest BCUT2D eigenvalue weighted by molar-refractivity contribution is 0.598. The Bertz CT molecular complexity index is 64.6. The van der Waals surface area contributed by atoms with E-state index in [2.05, 4.69) is 13.7 Å². The average Bonchev–Trinajstić information content (AvgIpc) is 1.75. The molecular formula is H3NOP2. The van der Waals surface area contributed by atoms with Gasteiger partial charge in [0.1, 0.15) is 0 Å². The maximum atomic E-state index is 4.53. The lowest BCUT2D eigenvalue weighted by atomic mass is 13.6. The lowest BCUT2D eigenvalue weighted by Gasteiger charge is -1.47. The second-order valence-corrected chi connectivity index (χ2v) is 2.30. The number of hydrogen-bond acceptors (Lipinski definition) is 1. The van der Waals surface area contributed by atoms with E-state index in [4.69, 9.17) is 0 Å². The summed E-state index contributed by atoms with van der Waals surface area (Å²) in [6.45, 7) is 0. The fourth-order valence-electron chi connectivity index (χ4n) is 0.0236. The van der Waals surface area contributed by atoms with Gasteiger partial charge in [0.25, 0.3) is 0 Å². The molecule has 4 heteroatoms. The highest BCUT2D eigenvalue weighted by Gasteiger charge is 1.75. The molecule has 0 radical (unpaired) electrons. The summed E-state index contributed by atoms with van der Waals surface area (Å²) in [5.41, 5.74) is 0. The van der Waals surface area contributed by atoms with E-state index in [1.54, 1.807) is 4.27 Å². The van der Waals surface area contributed by atoms with Gasteiger partial charge in [0, 0.05) is 9.39 Å². The Morgan fingerprint density at radius 3 is 2.25 bits per heavy atom. The van der Waals surface area contributed by atoms with Gasteiger partial charge in [0.15, 0.2) is 8.59 Å². The first-order chi connectivity index (χ1) is 1.89. The topological polar surface area (TPSA) is 18.1 Å². The van der Waals surface area contributed by atoms with Crippen LogP contribution < -0.4 is 0 Å². The molecule has 4 heavy (non-hydrogen) atoms. The highest BCUT2D eigenvalue weighted by Crippen LogP contribution is 2.16. The van der Waals surface area contributed by atoms with Gasteiger partial charge in [-0.05, 0) is 0 Å². The molecule has 0 fully saturated rings. The molecule has 0 bridgehead atoms. The SMILES string of the molecule is Pn1o[pH]1. The summed E-state index contributed by atoms with van der Waals surface area (Å²) in [5.74, 6) is 0. The zero-order chi connectivity index (χ0) is 2.99. The summed E-state index contributed by atoms with van der Waals surface area (Å²) in [6.07, 6.45) is 0. The Morgan fingerprint density at radius 2 is 2.25 bits per heavy atom. The van der Waals surface area contributed by atoms with Crippen LogP contribution in [0.15, 0.2) is 4.30 Å². The maximum absolute atomic E-state index is 4.53. The molecule has 0 amide bonds. The molecule has 2 atom stereocenters. The third kappa shape index (κ3) is 0.372. The summed E-state index contributed by atoms with van der Waals surface area (Å²) in [4.78, 5) is 0. The average molecular weight is 95.0 g/mol. The molecule has 0 aliphatic rings. The Hall–Kier alpha value is 0.330. The second-order valence-electron chi connectivity index (χ2n) is 0.508. The van der Waals surface area contributed by atoms with E-state index in [0.29, 0.717) is 8.59 Å². The minimum Gasteiger partial charge on any atom is -0.348 e. The molecule has 2 nitrogen and oxygen atoms in total. The van der Waals surface area contributed by atoms with Crippen LogP contribution in [0.25, 0.3) is 0 Å². The van der Waals surface area contributed by atoms with Crippen LogP contribution in [0, 0.1) is 0 Å². The quantitative estimate of drug-likeness (QED) is 0.435. The fourth-order valence-corrected chi connectivity index (χ4v) is 0.212. The molecule has 1 rings (SSSR count). The number of rotatable bonds is 0. The third-order valence-corrected chi connectivity index (χ3v) is 1.22. The minimum atomic E-state index is 0.603. The van der Waals surface area contributed by atoms with Crippen molar-refractivity contribution in [3.05, 3.63) is 0 Å². The van der Waals surface area contributed by atoms with E-state index in [1.165, 1.54) is 0 Å². The summed E-state index contributed by atoms with van der Waals surface area (Å²) < 4.78 is 6.23. The number of nitrogens with zero attached hydrogens (tertiary/aromatic N) is 1. The van der Waals surface area contributed by atoms with Crippen molar-refractivity contribution in [1.29, 1.82) is 0 Å². The molecule has 1 heterocycles. The molecule has 0 spiro atoms. The minimum absolute atomic E-state index is 0.603. The predicted molar refractivity (Wildman–Crippen MR) is 21.3 cm³/mol. The van der Waals surface area contributed by atoms with Gasteiger partial charge < -0.3 is 4.30 Å². The van der Waals surface area contributed by atoms with Gasteiger partial charge in [-0.1, -0.05) is 0 Å². The molecule has 0 aliphatic carbocycles. The van der Waals surface area contributed by atoms with Gasteiger partial charge in [0.05, 0.1) is 0 Å². The zero-order valence-corrected chi connectivity index (χ0v) is 4.09. The molecule has 0 aliphatic heterocycles. The van der Waals surface area contributed by atoms with E-state index >= 15 is 0 Å². The monoisotopic (exact) mass is 95.0 g/mol. The largest absolute Gasteiger partial charge is 0.348 e. The van der Waals surface area contributed by atoms with Crippen molar-refractivity contribution in [1.82, 2.24) is 4.27 Å². The molecule has 1 aromatic rings. The van der Waals surface area contributed by atoms with Gasteiger partial charge in [0.2, 0.25) is 0 Å². The predicted octanol–water partition coefficient (Wildman–Crippen LogP) is 0.751. The van der Waals surface area contributed by atoms with Crippen LogP contribution in [0.3, 0.4) is 0 Å². The molecule has 24 valence electrons. The standard InChI is InChI=1S/H3NOP2/c3-1-2-4-1/h4H,3H2. The summed E-state index contributed by atoms with van der Waals surface area (Å²) in [7, 11) is 3.00. The van der Waals surface area contributed by atoms with Crippen molar-refractivity contribution >= 4 is 18.0 Å². The molecule has 0 saturated heterocycles. The summed E-state index contributed by atoms with van der Waals surface area (Å²) >= 11 is 0. The van der Waals surface area contributed by atoms with E-state index in [0.717, 1.165) is 0 Å². The first-order valence-corrected chi connectivity index (χ1v) is 2.24. The van der Waals surface area contributed by atoms with Crippen LogP contribution in [-0.4, -0.2) is 4.27 Å². The van der Waals surface area contributed by atoms with Gasteiger partial charge in [-0.3, -0.25) is 0 Å². The van der Waals surface area contributed by atoms with Crippen LogP contribution >= 0.6 is 18.0 Å². The van der Waals surface area contributed by atoms with Gasteiger partial charge >= 0.3 is 0 Å². The van der Waals surface area contributed by atoms with Crippen molar-refractivity contribution in [2.45, 2.75) is 0 Å². The van der Waals surface area contributed by atoms with Gasteiger partial charge in [-0.2, -0.15) is 4.27 Å². The molecule has 1 aromatic heterocycles. The number of hydrogen-bond donors (Lipinski definition) is 0. The molecular weight excluding hydrogens is 92.0 g/mol. The van der Waals surface area contributed by atoms with E-state index in [9.17, 15) is 0 Å². The first kappa shape index (κ1) is 2.56. The van der Waals surface area contributed by atoms with Gasteiger partial charge in [-0.25, -0.2) is 0 Å². The van der Waals surface area contributed by atoms with Crippen LogP contribution in [0.1, 0.15) is 0 Å². The molecule has 2 unspecified atom stereocenters. The van der Waals surface area contributed by atoms with Crippen LogP contribution in [0.2, 0.25) is 0 Å². The smallest absolute Gasteiger partial charge is 0.169 e. The van der Waals surface area contributed by atoms with E-state index in [-0.39, 0.29) is 0 Å². The van der Waals surface area contributed by atoms with Crippen molar-refractivity contribution in [3.8, 4) is 0 Å². The van der Waals surface area contributed by atoms with Gasteiger partial charge in [-0.15, -0.1) is 0 Å². The number of aromatic nitrogens is 1. The van der Waals surface area contributed by atoms with Crippen molar-refractivity contribution in [2.75, 3.05) is 0 Å². The highest BCUT2D eigenvalue weighted by molar-refractivity contribution is 7.35. The Morgan fingerprint density at radius 1 is 2.00 bits per heavy atom. The summed E-state index contributed by atoms with van der Waals surface area (Å²) in [5, 5.41) is 0. The van der Waals surface area contributed by atoms with E-state index < -0.39 is 0 Å². The van der Waals surface area contributed by atoms with E-state index in [1.807, 2.05) is 0 Å². The molecule has 0 saturated carbocycles. The van der Waals surface area contributed by atoms with Crippen molar-refractivity contribution < 1.29 is 4.30 Å². The first-order valence-electron chi connectivity index (χ1n) is 0.869.